The lowest BCUT2D eigenvalue weighted by molar-refractivity contribution is -0.142. The van der Waals surface area contributed by atoms with Crippen LogP contribution < -0.4 is 5.56 Å². The minimum absolute atomic E-state index is 0.192. The van der Waals surface area contributed by atoms with Gasteiger partial charge in [0.05, 0.1) is 6.61 Å². The third kappa shape index (κ3) is 4.18. The lowest BCUT2D eigenvalue weighted by Gasteiger charge is -2.12. The van der Waals surface area contributed by atoms with E-state index in [9.17, 15) is 9.59 Å². The summed E-state index contributed by atoms with van der Waals surface area (Å²) in [6, 6.07) is 1.47. The van der Waals surface area contributed by atoms with Gasteiger partial charge in [-0.1, -0.05) is 25.6 Å². The monoisotopic (exact) mass is 270 g/mol. The summed E-state index contributed by atoms with van der Waals surface area (Å²) in [7, 11) is 0. The number of thioether (sulfide) groups is 1. The highest BCUT2D eigenvalue weighted by molar-refractivity contribution is 8.00. The number of esters is 1. The van der Waals surface area contributed by atoms with Crippen molar-refractivity contribution in [1.29, 1.82) is 0 Å². The van der Waals surface area contributed by atoms with Crippen LogP contribution in [0.3, 0.4) is 0 Å². The molecule has 0 aliphatic heterocycles. The molecule has 6 heteroatoms. The van der Waals surface area contributed by atoms with Crippen molar-refractivity contribution in [1.82, 2.24) is 9.97 Å². The molecule has 0 aromatic carbocycles. The van der Waals surface area contributed by atoms with E-state index in [-0.39, 0.29) is 16.8 Å². The van der Waals surface area contributed by atoms with Gasteiger partial charge in [0.25, 0.3) is 5.56 Å². The highest BCUT2D eigenvalue weighted by Gasteiger charge is 2.20. The van der Waals surface area contributed by atoms with Crippen LogP contribution in [-0.4, -0.2) is 27.8 Å². The van der Waals surface area contributed by atoms with Crippen molar-refractivity contribution in [2.24, 2.45) is 0 Å². The molecule has 100 valence electrons. The van der Waals surface area contributed by atoms with Crippen LogP contribution in [0, 0.1) is 0 Å². The van der Waals surface area contributed by atoms with E-state index in [1.165, 1.54) is 17.8 Å². The Balaban J connectivity index is 2.84. The fourth-order valence-electron chi connectivity index (χ4n) is 1.39. The quantitative estimate of drug-likeness (QED) is 0.484. The second-order valence-electron chi connectivity index (χ2n) is 3.66. The first-order valence-corrected chi connectivity index (χ1v) is 6.92. The average Bonchev–Trinajstić information content (AvgIpc) is 2.35. The zero-order chi connectivity index (χ0) is 13.5. The molecular formula is C12H18N2O3S. The summed E-state index contributed by atoms with van der Waals surface area (Å²) < 4.78 is 4.97. The minimum atomic E-state index is -0.333. The number of nitrogens with zero attached hydrogens (tertiary/aromatic N) is 1. The van der Waals surface area contributed by atoms with E-state index in [1.54, 1.807) is 6.92 Å². The van der Waals surface area contributed by atoms with E-state index in [1.807, 2.05) is 13.8 Å². The molecule has 1 aromatic heterocycles. The van der Waals surface area contributed by atoms with Crippen LogP contribution in [0.5, 0.6) is 0 Å². The number of aromatic amines is 1. The summed E-state index contributed by atoms with van der Waals surface area (Å²) in [6.45, 7) is 5.96. The molecule has 0 radical (unpaired) electrons. The van der Waals surface area contributed by atoms with Crippen LogP contribution in [0.4, 0.5) is 0 Å². The predicted octanol–water partition coefficient (Wildman–Crippen LogP) is 1.77. The molecule has 0 spiro atoms. The van der Waals surface area contributed by atoms with E-state index in [0.29, 0.717) is 24.6 Å². The molecule has 0 bridgehead atoms. The lowest BCUT2D eigenvalue weighted by atomic mass is 10.3. The van der Waals surface area contributed by atoms with Gasteiger partial charge in [0.15, 0.2) is 5.16 Å². The van der Waals surface area contributed by atoms with Gasteiger partial charge in [0, 0.05) is 11.8 Å². The molecule has 0 saturated heterocycles. The maximum Gasteiger partial charge on any atom is 0.319 e. The first-order chi connectivity index (χ1) is 8.60. The van der Waals surface area contributed by atoms with Gasteiger partial charge in [-0.2, -0.15) is 0 Å². The summed E-state index contributed by atoms with van der Waals surface area (Å²) >= 11 is 1.24. The van der Waals surface area contributed by atoms with Gasteiger partial charge in [-0.05, 0) is 19.8 Å². The first-order valence-electron chi connectivity index (χ1n) is 6.04. The Kier molecular flexibility index (Phi) is 5.91. The molecule has 18 heavy (non-hydrogen) atoms. The number of carbonyl (C=O) groups is 1. The molecule has 0 unspecified atom stereocenters. The normalized spacial score (nSPS) is 12.2. The number of aromatic nitrogens is 2. The molecular weight excluding hydrogens is 252 g/mol. The highest BCUT2D eigenvalue weighted by Crippen LogP contribution is 2.22. The Morgan fingerprint density at radius 3 is 2.78 bits per heavy atom. The number of carbonyl (C=O) groups excluding carboxylic acids is 1. The Hall–Kier alpha value is -1.30. The largest absolute Gasteiger partial charge is 0.465 e. The second-order valence-corrected chi connectivity index (χ2v) is 4.85. The van der Waals surface area contributed by atoms with Crippen molar-refractivity contribution in [2.45, 2.75) is 44.0 Å². The molecule has 0 aliphatic rings. The first kappa shape index (κ1) is 14.8. The van der Waals surface area contributed by atoms with Gasteiger partial charge in [-0.3, -0.25) is 9.59 Å². The van der Waals surface area contributed by atoms with Gasteiger partial charge in [0.2, 0.25) is 0 Å². The number of H-pyrrole nitrogens is 1. The average molecular weight is 270 g/mol. The Morgan fingerprint density at radius 2 is 2.22 bits per heavy atom. The molecule has 1 atom stereocenters. The summed E-state index contributed by atoms with van der Waals surface area (Å²) in [4.78, 5) is 30.0. The summed E-state index contributed by atoms with van der Waals surface area (Å²) in [5, 5.41) is 0.138. The number of rotatable bonds is 6. The standard InChI is InChI=1S/C12H18N2O3S/c1-4-8-7-10(15)14-12(13-8)18-9(5-2)11(16)17-6-3/h7,9H,4-6H2,1-3H3,(H,13,14,15)/t9-/m1/s1. The fraction of sp³-hybridized carbons (Fsp3) is 0.583. The van der Waals surface area contributed by atoms with Crippen LogP contribution in [0.15, 0.2) is 16.0 Å². The van der Waals surface area contributed by atoms with Crippen LogP contribution in [0.2, 0.25) is 0 Å². The third-order valence-corrected chi connectivity index (χ3v) is 3.54. The van der Waals surface area contributed by atoms with Gasteiger partial charge in [-0.15, -0.1) is 0 Å². The number of nitrogens with one attached hydrogen (secondary N) is 1. The topological polar surface area (TPSA) is 72.0 Å². The van der Waals surface area contributed by atoms with Gasteiger partial charge in [-0.25, -0.2) is 4.98 Å². The molecule has 1 rings (SSSR count). The van der Waals surface area contributed by atoms with E-state index < -0.39 is 0 Å². The highest BCUT2D eigenvalue weighted by atomic mass is 32.2. The molecule has 0 saturated carbocycles. The van der Waals surface area contributed by atoms with Gasteiger partial charge < -0.3 is 9.72 Å². The van der Waals surface area contributed by atoms with Crippen molar-refractivity contribution in [2.75, 3.05) is 6.61 Å². The van der Waals surface area contributed by atoms with Crippen molar-refractivity contribution in [3.63, 3.8) is 0 Å². The number of aryl methyl sites for hydroxylation is 1. The van der Waals surface area contributed by atoms with Crippen molar-refractivity contribution in [3.05, 3.63) is 22.1 Å². The Morgan fingerprint density at radius 1 is 1.50 bits per heavy atom. The molecule has 1 heterocycles. The summed E-state index contributed by atoms with van der Waals surface area (Å²) in [6.07, 6.45) is 1.32. The van der Waals surface area contributed by atoms with Crippen molar-refractivity contribution < 1.29 is 9.53 Å². The molecule has 0 fully saturated rings. The second kappa shape index (κ2) is 7.20. The molecule has 1 aromatic rings. The number of ether oxygens (including phenoxy) is 1. The third-order valence-electron chi connectivity index (χ3n) is 2.31. The number of hydrogen-bond donors (Lipinski definition) is 1. The maximum atomic E-state index is 11.7. The summed E-state index contributed by atoms with van der Waals surface area (Å²) in [5.41, 5.74) is 0.531. The van der Waals surface area contributed by atoms with Gasteiger partial charge >= 0.3 is 5.97 Å². The van der Waals surface area contributed by atoms with E-state index in [4.69, 9.17) is 4.74 Å². The van der Waals surface area contributed by atoms with E-state index >= 15 is 0 Å². The van der Waals surface area contributed by atoms with Crippen LogP contribution in [0.25, 0.3) is 0 Å². The smallest absolute Gasteiger partial charge is 0.319 e. The zero-order valence-electron chi connectivity index (χ0n) is 10.9. The SMILES string of the molecule is CCOC(=O)[C@@H](CC)Sc1nc(CC)cc(=O)[nH]1. The maximum absolute atomic E-state index is 11.7. The zero-order valence-corrected chi connectivity index (χ0v) is 11.7. The van der Waals surface area contributed by atoms with Gasteiger partial charge in [0.1, 0.15) is 5.25 Å². The van der Waals surface area contributed by atoms with Crippen molar-refractivity contribution in [3.8, 4) is 0 Å². The van der Waals surface area contributed by atoms with E-state index in [2.05, 4.69) is 9.97 Å². The van der Waals surface area contributed by atoms with Crippen LogP contribution >= 0.6 is 11.8 Å². The van der Waals surface area contributed by atoms with Crippen LogP contribution in [0.1, 0.15) is 32.9 Å². The molecule has 0 aliphatic carbocycles. The predicted molar refractivity (Wildman–Crippen MR) is 70.8 cm³/mol. The molecule has 0 amide bonds. The number of hydrogen-bond acceptors (Lipinski definition) is 5. The van der Waals surface area contributed by atoms with Crippen LogP contribution in [-0.2, 0) is 16.0 Å². The minimum Gasteiger partial charge on any atom is -0.465 e. The fourth-order valence-corrected chi connectivity index (χ4v) is 2.32. The Labute approximate surface area is 110 Å². The van der Waals surface area contributed by atoms with Crippen molar-refractivity contribution >= 4 is 17.7 Å². The van der Waals surface area contributed by atoms with E-state index in [0.717, 1.165) is 5.69 Å². The Bertz CT molecular complexity index is 459. The summed E-state index contributed by atoms with van der Waals surface area (Å²) in [5.74, 6) is -0.269. The molecule has 1 N–H and O–H groups in total. The lowest BCUT2D eigenvalue weighted by Crippen LogP contribution is -2.21. The molecule has 5 nitrogen and oxygen atoms in total.